The molecule has 1 amide bonds. The molecular formula is C23H29N3O3S. The average Bonchev–Trinajstić information content (AvgIpc) is 2.72. The van der Waals surface area contributed by atoms with Crippen molar-refractivity contribution in [1.82, 2.24) is 10.2 Å². The first-order valence-electron chi connectivity index (χ1n) is 9.89. The molecule has 0 radical (unpaired) electrons. The number of methoxy groups -OCH3 is 1. The Labute approximate surface area is 183 Å². The fourth-order valence-electron chi connectivity index (χ4n) is 2.94. The highest BCUT2D eigenvalue weighted by molar-refractivity contribution is 7.80. The minimum absolute atomic E-state index is 0.190. The molecule has 160 valence electrons. The quantitative estimate of drug-likeness (QED) is 0.445. The number of ketones is 1. The van der Waals surface area contributed by atoms with Gasteiger partial charge < -0.3 is 15.0 Å². The maximum Gasteiger partial charge on any atom is 0.261 e. The van der Waals surface area contributed by atoms with E-state index in [4.69, 9.17) is 17.0 Å². The highest BCUT2D eigenvalue weighted by atomic mass is 32.1. The van der Waals surface area contributed by atoms with Crippen LogP contribution < -0.4 is 15.4 Å². The van der Waals surface area contributed by atoms with Crippen molar-refractivity contribution < 1.29 is 14.3 Å². The van der Waals surface area contributed by atoms with Gasteiger partial charge in [0.15, 0.2) is 5.11 Å². The summed E-state index contributed by atoms with van der Waals surface area (Å²) < 4.78 is 5.20. The predicted molar refractivity (Wildman–Crippen MR) is 124 cm³/mol. The van der Waals surface area contributed by atoms with Crippen LogP contribution in [0.25, 0.3) is 0 Å². The van der Waals surface area contributed by atoms with Gasteiger partial charge in [-0.3, -0.25) is 14.9 Å². The smallest absolute Gasteiger partial charge is 0.261 e. The Bertz CT molecular complexity index is 866. The van der Waals surface area contributed by atoms with Crippen molar-refractivity contribution in [3.63, 3.8) is 0 Å². The van der Waals surface area contributed by atoms with Crippen LogP contribution in [0.3, 0.4) is 0 Å². The van der Waals surface area contributed by atoms with Crippen LogP contribution in [0.1, 0.15) is 35.2 Å². The number of benzene rings is 2. The molecule has 2 N–H and O–H groups in total. The average molecular weight is 428 g/mol. The van der Waals surface area contributed by atoms with E-state index in [1.807, 2.05) is 38.4 Å². The molecule has 2 rings (SSSR count). The number of ether oxygens (including phenoxy) is 1. The summed E-state index contributed by atoms with van der Waals surface area (Å²) in [5.41, 5.74) is 2.10. The summed E-state index contributed by atoms with van der Waals surface area (Å²) in [4.78, 5) is 26.6. The Morgan fingerprint density at radius 3 is 2.40 bits per heavy atom. The third-order valence-electron chi connectivity index (χ3n) is 4.50. The molecule has 30 heavy (non-hydrogen) atoms. The summed E-state index contributed by atoms with van der Waals surface area (Å²) in [6.07, 6.45) is 2.97. The fraction of sp³-hybridized carbons (Fsp3) is 0.348. The molecule has 0 aliphatic heterocycles. The first-order valence-corrected chi connectivity index (χ1v) is 10.3. The molecular weight excluding hydrogens is 398 g/mol. The van der Waals surface area contributed by atoms with Crippen LogP contribution >= 0.6 is 12.2 Å². The van der Waals surface area contributed by atoms with Crippen LogP contribution in [0.15, 0.2) is 48.5 Å². The van der Waals surface area contributed by atoms with Crippen LogP contribution in [-0.2, 0) is 11.2 Å². The number of carbonyl (C=O) groups excluding carboxylic acids is 2. The number of carbonyl (C=O) groups is 2. The van der Waals surface area contributed by atoms with E-state index in [2.05, 4.69) is 15.5 Å². The summed E-state index contributed by atoms with van der Waals surface area (Å²) in [6, 6.07) is 14.4. The Kier molecular flexibility index (Phi) is 9.44. The molecule has 2 aromatic carbocycles. The number of nitrogens with zero attached hydrogens (tertiary/aromatic N) is 1. The number of rotatable bonds is 10. The number of nitrogens with one attached hydrogen (secondary N) is 2. The molecule has 0 aliphatic carbocycles. The summed E-state index contributed by atoms with van der Waals surface area (Å²) in [6.45, 7) is 1.00. The van der Waals surface area contributed by atoms with Gasteiger partial charge in [0.05, 0.1) is 12.7 Å². The van der Waals surface area contributed by atoms with Crippen molar-refractivity contribution >= 4 is 34.7 Å². The standard InChI is InChI=1S/C23H29N3O3S/c1-26(2)15-7-6-8-19(27)16-17-11-13-18(14-12-17)24-23(30)25-22(28)20-9-4-5-10-21(20)29-3/h4-5,9-14H,6-8,15-16H2,1-3H3,(H2,24,25,28,30). The maximum absolute atomic E-state index is 12.4. The van der Waals surface area contributed by atoms with Gasteiger partial charge in [0.2, 0.25) is 0 Å². The van der Waals surface area contributed by atoms with Gasteiger partial charge in [-0.25, -0.2) is 0 Å². The molecule has 6 nitrogen and oxygen atoms in total. The number of anilines is 1. The van der Waals surface area contributed by atoms with E-state index in [-0.39, 0.29) is 16.8 Å². The lowest BCUT2D eigenvalue weighted by Gasteiger charge is -2.12. The molecule has 7 heteroatoms. The van der Waals surface area contributed by atoms with Gasteiger partial charge in [0.1, 0.15) is 11.5 Å². The normalized spacial score (nSPS) is 10.5. The Balaban J connectivity index is 1.81. The van der Waals surface area contributed by atoms with E-state index in [0.29, 0.717) is 24.2 Å². The second-order valence-electron chi connectivity index (χ2n) is 7.28. The van der Waals surface area contributed by atoms with Crippen LogP contribution in [-0.4, -0.2) is 49.5 Å². The minimum atomic E-state index is -0.346. The summed E-state index contributed by atoms with van der Waals surface area (Å²) in [5, 5.41) is 5.82. The van der Waals surface area contributed by atoms with Crippen LogP contribution in [0.4, 0.5) is 5.69 Å². The summed E-state index contributed by atoms with van der Waals surface area (Å²) in [5.74, 6) is 0.379. The third kappa shape index (κ3) is 7.93. The molecule has 0 saturated carbocycles. The van der Waals surface area contributed by atoms with Crippen LogP contribution in [0.5, 0.6) is 5.75 Å². The maximum atomic E-state index is 12.4. The zero-order valence-electron chi connectivity index (χ0n) is 17.7. The monoisotopic (exact) mass is 427 g/mol. The van der Waals surface area contributed by atoms with Crippen molar-refractivity contribution in [2.45, 2.75) is 25.7 Å². The van der Waals surface area contributed by atoms with E-state index >= 15 is 0 Å². The molecule has 0 heterocycles. The van der Waals surface area contributed by atoms with Gasteiger partial charge in [-0.2, -0.15) is 0 Å². The minimum Gasteiger partial charge on any atom is -0.496 e. The van der Waals surface area contributed by atoms with Crippen LogP contribution in [0, 0.1) is 0 Å². The van der Waals surface area contributed by atoms with E-state index in [1.54, 1.807) is 24.3 Å². The van der Waals surface area contributed by atoms with Gasteiger partial charge in [0, 0.05) is 18.5 Å². The van der Waals surface area contributed by atoms with Gasteiger partial charge in [-0.05, 0) is 75.5 Å². The number of para-hydroxylation sites is 1. The zero-order valence-corrected chi connectivity index (χ0v) is 18.6. The summed E-state index contributed by atoms with van der Waals surface area (Å²) >= 11 is 5.23. The number of hydrogen-bond acceptors (Lipinski definition) is 5. The van der Waals surface area contributed by atoms with Crippen molar-refractivity contribution in [3.05, 3.63) is 59.7 Å². The number of hydrogen-bond donors (Lipinski definition) is 2. The van der Waals surface area contributed by atoms with Crippen molar-refractivity contribution in [1.29, 1.82) is 0 Å². The Morgan fingerprint density at radius 1 is 1.03 bits per heavy atom. The zero-order chi connectivity index (χ0) is 21.9. The Morgan fingerprint density at radius 2 is 1.73 bits per heavy atom. The van der Waals surface area contributed by atoms with E-state index in [1.165, 1.54) is 7.11 Å². The number of unbranched alkanes of at least 4 members (excludes halogenated alkanes) is 1. The lowest BCUT2D eigenvalue weighted by Crippen LogP contribution is -2.34. The van der Waals surface area contributed by atoms with Crippen molar-refractivity contribution in [2.24, 2.45) is 0 Å². The Hall–Kier alpha value is -2.77. The van der Waals surface area contributed by atoms with E-state index in [9.17, 15) is 9.59 Å². The molecule has 0 fully saturated rings. The van der Waals surface area contributed by atoms with Crippen molar-refractivity contribution in [2.75, 3.05) is 33.1 Å². The highest BCUT2D eigenvalue weighted by Crippen LogP contribution is 2.17. The van der Waals surface area contributed by atoms with Crippen LogP contribution in [0.2, 0.25) is 0 Å². The summed E-state index contributed by atoms with van der Waals surface area (Å²) in [7, 11) is 5.58. The number of Topliss-reactive ketones (excluding diaryl/α,β-unsaturated/α-hetero) is 1. The molecule has 0 aliphatic rings. The molecule has 0 unspecified atom stereocenters. The number of thiocarbonyl (C=S) groups is 1. The first kappa shape index (κ1) is 23.5. The molecule has 2 aromatic rings. The SMILES string of the molecule is COc1ccccc1C(=O)NC(=S)Nc1ccc(CC(=O)CCCCN(C)C)cc1. The van der Waals surface area contributed by atoms with Gasteiger partial charge in [-0.1, -0.05) is 24.3 Å². The highest BCUT2D eigenvalue weighted by Gasteiger charge is 2.13. The number of amides is 1. The molecule has 0 atom stereocenters. The first-order chi connectivity index (χ1) is 14.4. The second kappa shape index (κ2) is 12.0. The van der Waals surface area contributed by atoms with E-state index < -0.39 is 0 Å². The topological polar surface area (TPSA) is 70.7 Å². The predicted octanol–water partition coefficient (Wildman–Crippen LogP) is 3.67. The molecule has 0 saturated heterocycles. The lowest BCUT2D eigenvalue weighted by molar-refractivity contribution is -0.118. The fourth-order valence-corrected chi connectivity index (χ4v) is 3.15. The molecule has 0 bridgehead atoms. The largest absolute Gasteiger partial charge is 0.496 e. The molecule has 0 spiro atoms. The molecule has 0 aromatic heterocycles. The van der Waals surface area contributed by atoms with Crippen molar-refractivity contribution in [3.8, 4) is 5.75 Å². The third-order valence-corrected chi connectivity index (χ3v) is 4.71. The van der Waals surface area contributed by atoms with Gasteiger partial charge >= 0.3 is 0 Å². The lowest BCUT2D eigenvalue weighted by atomic mass is 10.0. The van der Waals surface area contributed by atoms with E-state index in [0.717, 1.165) is 30.6 Å². The van der Waals surface area contributed by atoms with Gasteiger partial charge in [0.25, 0.3) is 5.91 Å². The van der Waals surface area contributed by atoms with Gasteiger partial charge in [-0.15, -0.1) is 0 Å². The second-order valence-corrected chi connectivity index (χ2v) is 7.69.